The monoisotopic (exact) mass is 469 g/mol. The van der Waals surface area contributed by atoms with Crippen molar-refractivity contribution in [3.8, 4) is 5.75 Å². The molecule has 0 radical (unpaired) electrons. The van der Waals surface area contributed by atoms with Crippen LogP contribution in [0.2, 0.25) is 15.1 Å². The van der Waals surface area contributed by atoms with Crippen LogP contribution >= 0.6 is 34.8 Å². The number of hydrogen-bond donors (Lipinski definition) is 1. The van der Waals surface area contributed by atoms with E-state index in [1.807, 2.05) is 48.5 Å². The molecule has 0 spiro atoms. The second-order valence-electron chi connectivity index (χ2n) is 7.31. The topological polar surface area (TPSA) is 21.3 Å². The lowest BCUT2D eigenvalue weighted by Crippen LogP contribution is -2.17. The highest BCUT2D eigenvalue weighted by atomic mass is 35.5. The first kappa shape index (κ1) is 22.0. The lowest BCUT2D eigenvalue weighted by molar-refractivity contribution is 0.303. The van der Waals surface area contributed by atoms with Gasteiger partial charge in [-0.15, -0.1) is 0 Å². The molecule has 0 unspecified atom stereocenters. The zero-order valence-corrected chi connectivity index (χ0v) is 19.1. The van der Waals surface area contributed by atoms with Crippen molar-refractivity contribution in [2.45, 2.75) is 19.6 Å². The van der Waals surface area contributed by atoms with Crippen LogP contribution in [0.5, 0.6) is 5.75 Å². The third kappa shape index (κ3) is 5.53. The molecule has 158 valence electrons. The first-order valence-corrected chi connectivity index (χ1v) is 11.3. The molecule has 1 N–H and O–H groups in total. The van der Waals surface area contributed by atoms with Gasteiger partial charge in [-0.05, 0) is 59.6 Å². The van der Waals surface area contributed by atoms with Gasteiger partial charge in [-0.1, -0.05) is 83.3 Å². The Morgan fingerprint density at radius 3 is 2.23 bits per heavy atom. The van der Waals surface area contributed by atoms with Gasteiger partial charge in [0.2, 0.25) is 0 Å². The van der Waals surface area contributed by atoms with Gasteiger partial charge >= 0.3 is 0 Å². The van der Waals surface area contributed by atoms with Crippen LogP contribution in [0.25, 0.3) is 10.8 Å². The number of fused-ring (bicyclic) bond motifs is 1. The lowest BCUT2D eigenvalue weighted by atomic mass is 10.0. The van der Waals surface area contributed by atoms with Gasteiger partial charge in [0.05, 0.1) is 0 Å². The molecule has 0 atom stereocenters. The van der Waals surface area contributed by atoms with E-state index >= 15 is 0 Å². The predicted octanol–water partition coefficient (Wildman–Crippen LogP) is 7.71. The molecule has 0 saturated heterocycles. The lowest BCUT2D eigenvalue weighted by Gasteiger charge is -2.16. The molecule has 0 aromatic heterocycles. The molecule has 0 aliphatic heterocycles. The van der Waals surface area contributed by atoms with E-state index in [4.69, 9.17) is 39.5 Å². The summed E-state index contributed by atoms with van der Waals surface area (Å²) in [5.41, 5.74) is 3.16. The Hall–Kier alpha value is -2.23. The number of benzene rings is 4. The molecule has 4 aromatic rings. The average molecular weight is 471 g/mol. The molecule has 0 amide bonds. The first-order chi connectivity index (χ1) is 15.1. The van der Waals surface area contributed by atoms with Crippen LogP contribution in [-0.4, -0.2) is 6.54 Å². The summed E-state index contributed by atoms with van der Waals surface area (Å²) < 4.78 is 6.20. The van der Waals surface area contributed by atoms with Crippen LogP contribution < -0.4 is 10.1 Å². The van der Waals surface area contributed by atoms with Crippen molar-refractivity contribution >= 4 is 45.6 Å². The number of hydrogen-bond acceptors (Lipinski definition) is 2. The second kappa shape index (κ2) is 10.4. The highest BCUT2D eigenvalue weighted by Gasteiger charge is 2.11. The molecule has 0 aliphatic rings. The van der Waals surface area contributed by atoms with Crippen molar-refractivity contribution in [3.63, 3.8) is 0 Å². The van der Waals surface area contributed by atoms with Gasteiger partial charge in [0.25, 0.3) is 0 Å². The summed E-state index contributed by atoms with van der Waals surface area (Å²) in [4.78, 5) is 0. The largest absolute Gasteiger partial charge is 0.488 e. The summed E-state index contributed by atoms with van der Waals surface area (Å²) in [7, 11) is 0. The maximum Gasteiger partial charge on any atom is 0.124 e. The fraction of sp³-hybridized carbons (Fsp3) is 0.154. The molecule has 0 saturated carbocycles. The van der Waals surface area contributed by atoms with E-state index in [-0.39, 0.29) is 0 Å². The Bertz CT molecular complexity index is 1150. The highest BCUT2D eigenvalue weighted by molar-refractivity contribution is 6.36. The van der Waals surface area contributed by atoms with Gasteiger partial charge in [0.15, 0.2) is 0 Å². The van der Waals surface area contributed by atoms with E-state index in [9.17, 15) is 0 Å². The first-order valence-electron chi connectivity index (χ1n) is 10.1. The summed E-state index contributed by atoms with van der Waals surface area (Å²) in [5, 5.41) is 7.88. The fourth-order valence-electron chi connectivity index (χ4n) is 3.55. The van der Waals surface area contributed by atoms with Gasteiger partial charge in [-0.25, -0.2) is 0 Å². The van der Waals surface area contributed by atoms with Gasteiger partial charge in [0.1, 0.15) is 12.4 Å². The van der Waals surface area contributed by atoms with Crippen LogP contribution in [0.4, 0.5) is 0 Å². The van der Waals surface area contributed by atoms with Crippen molar-refractivity contribution < 1.29 is 4.74 Å². The quantitative estimate of drug-likeness (QED) is 0.266. The van der Waals surface area contributed by atoms with Gasteiger partial charge in [0, 0.05) is 32.7 Å². The molecule has 4 rings (SSSR count). The minimum Gasteiger partial charge on any atom is -0.488 e. The van der Waals surface area contributed by atoms with E-state index in [1.165, 1.54) is 16.3 Å². The van der Waals surface area contributed by atoms with E-state index in [0.29, 0.717) is 23.2 Å². The summed E-state index contributed by atoms with van der Waals surface area (Å²) in [6.45, 7) is 1.86. The summed E-state index contributed by atoms with van der Waals surface area (Å²) >= 11 is 18.6. The maximum absolute atomic E-state index is 6.32. The molecule has 31 heavy (non-hydrogen) atoms. The number of ether oxygens (including phenoxy) is 1. The third-order valence-electron chi connectivity index (χ3n) is 5.24. The van der Waals surface area contributed by atoms with Crippen molar-refractivity contribution in [2.75, 3.05) is 6.54 Å². The number of nitrogens with one attached hydrogen (secondary N) is 1. The maximum atomic E-state index is 6.32. The van der Waals surface area contributed by atoms with Crippen molar-refractivity contribution in [1.82, 2.24) is 5.32 Å². The SMILES string of the molecule is Clc1ccc(CCNCc2c(OCc3c(Cl)cccc3Cl)ccc3ccccc23)cc1. The van der Waals surface area contributed by atoms with Crippen LogP contribution in [-0.2, 0) is 19.6 Å². The van der Waals surface area contributed by atoms with E-state index < -0.39 is 0 Å². The molecule has 4 aromatic carbocycles. The molecular formula is C26H22Cl3NO. The standard InChI is InChI=1S/C26H22Cl3NO/c27-20-11-8-18(9-12-20)14-15-30-16-22-21-5-2-1-4-19(21)10-13-26(22)31-17-23-24(28)6-3-7-25(23)29/h1-13,30H,14-17H2. The van der Waals surface area contributed by atoms with Crippen LogP contribution in [0.1, 0.15) is 16.7 Å². The number of halogens is 3. The molecule has 0 aliphatic carbocycles. The Morgan fingerprint density at radius 2 is 1.45 bits per heavy atom. The summed E-state index contributed by atoms with van der Waals surface area (Å²) in [6, 6.07) is 25.9. The molecule has 2 nitrogen and oxygen atoms in total. The van der Waals surface area contributed by atoms with Crippen LogP contribution in [0, 0.1) is 0 Å². The van der Waals surface area contributed by atoms with Crippen molar-refractivity contribution in [1.29, 1.82) is 0 Å². The molecular weight excluding hydrogens is 449 g/mol. The second-order valence-corrected chi connectivity index (χ2v) is 8.56. The van der Waals surface area contributed by atoms with Crippen molar-refractivity contribution in [3.05, 3.63) is 111 Å². The van der Waals surface area contributed by atoms with E-state index in [2.05, 4.69) is 35.6 Å². The Labute approximate surface area is 197 Å². The van der Waals surface area contributed by atoms with E-state index in [0.717, 1.165) is 34.9 Å². The Balaban J connectivity index is 1.50. The smallest absolute Gasteiger partial charge is 0.124 e. The molecule has 0 bridgehead atoms. The van der Waals surface area contributed by atoms with Gasteiger partial charge < -0.3 is 10.1 Å². The minimum atomic E-state index is 0.314. The van der Waals surface area contributed by atoms with Gasteiger partial charge in [-0.2, -0.15) is 0 Å². The molecule has 0 heterocycles. The zero-order valence-electron chi connectivity index (χ0n) is 16.9. The zero-order chi connectivity index (χ0) is 21.6. The number of rotatable bonds is 8. The van der Waals surface area contributed by atoms with Gasteiger partial charge in [-0.3, -0.25) is 0 Å². The summed E-state index contributed by atoms with van der Waals surface area (Å²) in [6.07, 6.45) is 0.924. The highest BCUT2D eigenvalue weighted by Crippen LogP contribution is 2.31. The van der Waals surface area contributed by atoms with Crippen molar-refractivity contribution in [2.24, 2.45) is 0 Å². The fourth-order valence-corrected chi connectivity index (χ4v) is 4.18. The Kier molecular flexibility index (Phi) is 7.37. The Morgan fingerprint density at radius 1 is 0.710 bits per heavy atom. The van der Waals surface area contributed by atoms with E-state index in [1.54, 1.807) is 0 Å². The predicted molar refractivity (Wildman–Crippen MR) is 132 cm³/mol. The normalized spacial score (nSPS) is 11.1. The molecule has 0 fully saturated rings. The summed E-state index contributed by atoms with van der Waals surface area (Å²) in [5.74, 6) is 0.827. The van der Waals surface area contributed by atoms with Crippen LogP contribution in [0.3, 0.4) is 0 Å². The molecule has 5 heteroatoms. The van der Waals surface area contributed by atoms with Crippen LogP contribution in [0.15, 0.2) is 78.9 Å². The minimum absolute atomic E-state index is 0.314. The average Bonchev–Trinajstić information content (AvgIpc) is 2.78. The third-order valence-corrected chi connectivity index (χ3v) is 6.20.